The fraction of sp³-hybridized carbons (Fsp3) is 0.550. The lowest BCUT2D eigenvalue weighted by atomic mass is 9.96. The van der Waals surface area contributed by atoms with Crippen molar-refractivity contribution in [3.8, 4) is 0 Å². The van der Waals surface area contributed by atoms with Crippen molar-refractivity contribution in [2.45, 2.75) is 51.6 Å². The number of hydrogen-bond acceptors (Lipinski definition) is 5. The second kappa shape index (κ2) is 9.54. The lowest BCUT2D eigenvalue weighted by Crippen LogP contribution is -2.33. The van der Waals surface area contributed by atoms with Crippen LogP contribution in [0.4, 0.5) is 0 Å². The Morgan fingerprint density at radius 1 is 1.32 bits per heavy atom. The van der Waals surface area contributed by atoms with E-state index in [4.69, 9.17) is 14.3 Å². The molecule has 8 nitrogen and oxygen atoms in total. The van der Waals surface area contributed by atoms with E-state index in [9.17, 15) is 9.59 Å². The van der Waals surface area contributed by atoms with Gasteiger partial charge >= 0.3 is 5.97 Å². The van der Waals surface area contributed by atoms with E-state index in [1.54, 1.807) is 17.2 Å². The Labute approximate surface area is 164 Å². The summed E-state index contributed by atoms with van der Waals surface area (Å²) < 4.78 is 12.6. The number of ether oxygens (including phenoxy) is 1. The summed E-state index contributed by atoms with van der Waals surface area (Å²) in [6, 6.07) is 3.33. The number of carboxylic acids is 1. The Bertz CT molecular complexity index is 791. The number of hydrogen-bond donors (Lipinski definition) is 1. The Morgan fingerprint density at radius 3 is 2.79 bits per heavy atom. The normalized spacial score (nSPS) is 14.9. The van der Waals surface area contributed by atoms with Crippen LogP contribution < -0.4 is 0 Å². The summed E-state index contributed by atoms with van der Waals surface area (Å²) in [4.78, 5) is 25.7. The Hall–Kier alpha value is -2.61. The van der Waals surface area contributed by atoms with Gasteiger partial charge in [0.2, 0.25) is 5.76 Å². The minimum absolute atomic E-state index is 0.141. The maximum atomic E-state index is 13.0. The molecular formula is C20H27N3O5. The first-order valence-electron chi connectivity index (χ1n) is 9.81. The predicted molar refractivity (Wildman–Crippen MR) is 101 cm³/mol. The number of carbonyl (C=O) groups is 2. The third-order valence-corrected chi connectivity index (χ3v) is 5.01. The van der Waals surface area contributed by atoms with Crippen molar-refractivity contribution < 1.29 is 23.8 Å². The van der Waals surface area contributed by atoms with Crippen molar-refractivity contribution in [1.82, 2.24) is 14.7 Å². The van der Waals surface area contributed by atoms with Crippen molar-refractivity contribution in [1.29, 1.82) is 0 Å². The van der Waals surface area contributed by atoms with Crippen LogP contribution in [-0.2, 0) is 11.3 Å². The van der Waals surface area contributed by atoms with Crippen LogP contribution in [0.5, 0.6) is 0 Å². The van der Waals surface area contributed by atoms with Crippen molar-refractivity contribution in [2.24, 2.45) is 0 Å². The maximum absolute atomic E-state index is 13.0. The highest BCUT2D eigenvalue weighted by Gasteiger charge is 2.22. The van der Waals surface area contributed by atoms with Crippen LogP contribution in [-0.4, -0.2) is 51.4 Å². The van der Waals surface area contributed by atoms with Crippen LogP contribution >= 0.6 is 0 Å². The van der Waals surface area contributed by atoms with Gasteiger partial charge < -0.3 is 19.2 Å². The molecule has 1 aliphatic rings. The lowest BCUT2D eigenvalue weighted by Gasteiger charge is -2.22. The van der Waals surface area contributed by atoms with Crippen LogP contribution in [0.25, 0.3) is 0 Å². The quantitative estimate of drug-likeness (QED) is 0.661. The van der Waals surface area contributed by atoms with Gasteiger partial charge in [0.15, 0.2) is 0 Å². The number of carboxylic acid groups (broad SMARTS) is 1. The van der Waals surface area contributed by atoms with Gasteiger partial charge in [-0.15, -0.1) is 0 Å². The van der Waals surface area contributed by atoms with Gasteiger partial charge in [-0.25, -0.2) is 4.79 Å². The van der Waals surface area contributed by atoms with Crippen LogP contribution in [0.1, 0.15) is 71.7 Å². The first kappa shape index (κ1) is 20.1. The largest absolute Gasteiger partial charge is 0.475 e. The van der Waals surface area contributed by atoms with Crippen LogP contribution in [0, 0.1) is 0 Å². The van der Waals surface area contributed by atoms with E-state index >= 15 is 0 Å². The topological polar surface area (TPSA) is 97.8 Å². The van der Waals surface area contributed by atoms with E-state index in [1.165, 1.54) is 25.3 Å². The SMILES string of the molecule is CCOCCN(Cc1ccc(C(=O)O)o1)C(=O)c1cnn(C2CCCCC2)c1. The van der Waals surface area contributed by atoms with Crippen molar-refractivity contribution in [3.63, 3.8) is 0 Å². The zero-order valence-electron chi connectivity index (χ0n) is 16.2. The lowest BCUT2D eigenvalue weighted by molar-refractivity contribution is 0.0616. The summed E-state index contributed by atoms with van der Waals surface area (Å²) in [6.45, 7) is 3.40. The van der Waals surface area contributed by atoms with Crippen LogP contribution in [0.3, 0.4) is 0 Å². The van der Waals surface area contributed by atoms with E-state index in [1.807, 2.05) is 17.8 Å². The van der Waals surface area contributed by atoms with Gasteiger partial charge in [-0.3, -0.25) is 9.48 Å². The number of furan rings is 1. The number of aromatic carboxylic acids is 1. The van der Waals surface area contributed by atoms with Gasteiger partial charge in [0.25, 0.3) is 5.91 Å². The summed E-state index contributed by atoms with van der Waals surface area (Å²) in [5.74, 6) is -1.03. The molecule has 1 aliphatic carbocycles. The molecule has 0 bridgehead atoms. The molecule has 3 rings (SSSR count). The van der Waals surface area contributed by atoms with Gasteiger partial charge in [0.1, 0.15) is 5.76 Å². The highest BCUT2D eigenvalue weighted by Crippen LogP contribution is 2.27. The van der Waals surface area contributed by atoms with E-state index in [-0.39, 0.29) is 18.2 Å². The molecule has 2 aromatic rings. The van der Waals surface area contributed by atoms with Crippen molar-refractivity contribution >= 4 is 11.9 Å². The minimum atomic E-state index is -1.13. The molecule has 28 heavy (non-hydrogen) atoms. The van der Waals surface area contributed by atoms with Crippen molar-refractivity contribution in [2.75, 3.05) is 19.8 Å². The molecule has 1 amide bonds. The standard InChI is InChI=1S/C20H27N3O5/c1-2-27-11-10-22(14-17-8-9-18(28-17)20(25)26)19(24)15-12-21-23(13-15)16-6-4-3-5-7-16/h8-9,12-13,16H,2-7,10-11,14H2,1H3,(H,25,26). The molecule has 0 saturated heterocycles. The van der Waals surface area contributed by atoms with E-state index < -0.39 is 5.97 Å². The summed E-state index contributed by atoms with van der Waals surface area (Å²) in [7, 11) is 0. The third-order valence-electron chi connectivity index (χ3n) is 5.01. The number of aromatic nitrogens is 2. The monoisotopic (exact) mass is 389 g/mol. The predicted octanol–water partition coefficient (Wildman–Crippen LogP) is 3.36. The first-order chi connectivity index (χ1) is 13.6. The number of amides is 1. The summed E-state index contributed by atoms with van der Waals surface area (Å²) in [6.07, 6.45) is 9.25. The van der Waals surface area contributed by atoms with E-state index in [2.05, 4.69) is 5.10 Å². The van der Waals surface area contributed by atoms with Crippen molar-refractivity contribution in [3.05, 3.63) is 41.6 Å². The van der Waals surface area contributed by atoms with Gasteiger partial charge in [0.05, 0.1) is 31.0 Å². The molecule has 0 unspecified atom stereocenters. The molecule has 0 aromatic carbocycles. The number of carbonyl (C=O) groups excluding carboxylic acids is 1. The second-order valence-electron chi connectivity index (χ2n) is 7.00. The first-order valence-corrected chi connectivity index (χ1v) is 9.81. The molecule has 8 heteroatoms. The Balaban J connectivity index is 1.71. The Kier molecular flexibility index (Phi) is 6.86. The van der Waals surface area contributed by atoms with Crippen LogP contribution in [0.15, 0.2) is 28.9 Å². The molecule has 1 fully saturated rings. The van der Waals surface area contributed by atoms with E-state index in [0.717, 1.165) is 12.8 Å². The average molecular weight is 389 g/mol. The zero-order chi connectivity index (χ0) is 19.9. The molecule has 2 heterocycles. The third kappa shape index (κ3) is 5.01. The fourth-order valence-electron chi connectivity index (χ4n) is 3.51. The number of rotatable bonds is 9. The molecule has 2 aromatic heterocycles. The molecule has 1 N–H and O–H groups in total. The van der Waals surface area contributed by atoms with E-state index in [0.29, 0.717) is 37.1 Å². The smallest absolute Gasteiger partial charge is 0.371 e. The molecular weight excluding hydrogens is 362 g/mol. The summed E-state index contributed by atoms with van der Waals surface area (Å²) in [5, 5.41) is 13.4. The molecule has 1 saturated carbocycles. The van der Waals surface area contributed by atoms with Gasteiger partial charge in [-0.05, 0) is 31.9 Å². The zero-order valence-corrected chi connectivity index (χ0v) is 16.2. The molecule has 0 radical (unpaired) electrons. The molecule has 0 atom stereocenters. The number of nitrogens with zero attached hydrogens (tertiary/aromatic N) is 3. The molecule has 0 aliphatic heterocycles. The minimum Gasteiger partial charge on any atom is -0.475 e. The molecule has 0 spiro atoms. The van der Waals surface area contributed by atoms with Gasteiger partial charge in [-0.2, -0.15) is 5.10 Å². The average Bonchev–Trinajstić information content (AvgIpc) is 3.37. The summed E-state index contributed by atoms with van der Waals surface area (Å²) in [5.41, 5.74) is 0.520. The van der Waals surface area contributed by atoms with Crippen LogP contribution in [0.2, 0.25) is 0 Å². The highest BCUT2D eigenvalue weighted by atomic mass is 16.5. The highest BCUT2D eigenvalue weighted by molar-refractivity contribution is 5.93. The van der Waals surface area contributed by atoms with Gasteiger partial charge in [-0.1, -0.05) is 19.3 Å². The fourth-order valence-corrected chi connectivity index (χ4v) is 3.51. The van der Waals surface area contributed by atoms with Gasteiger partial charge in [0, 0.05) is 19.3 Å². The second-order valence-corrected chi connectivity index (χ2v) is 7.00. The maximum Gasteiger partial charge on any atom is 0.371 e. The summed E-state index contributed by atoms with van der Waals surface area (Å²) >= 11 is 0. The Morgan fingerprint density at radius 2 is 2.11 bits per heavy atom. The molecule has 152 valence electrons.